The summed E-state index contributed by atoms with van der Waals surface area (Å²) < 4.78 is 25.7. The zero-order valence-corrected chi connectivity index (χ0v) is 16.3. The summed E-state index contributed by atoms with van der Waals surface area (Å²) in [6.07, 6.45) is 0. The van der Waals surface area contributed by atoms with E-state index in [0.29, 0.717) is 12.5 Å². The Morgan fingerprint density at radius 3 is 2.52 bits per heavy atom. The van der Waals surface area contributed by atoms with Crippen LogP contribution in [0.3, 0.4) is 0 Å². The lowest BCUT2D eigenvalue weighted by Crippen LogP contribution is -2.36. The molecule has 0 spiro atoms. The standard InChI is InChI=1S/C17H24N4O2S2/c1-13-7-8-24-16(13)11-21-17(18-2)20-10-14-5-4-6-15(9-14)12-25(22,23)19-3/h4-9,19H,10-12H2,1-3H3,(H2,18,20,21). The summed E-state index contributed by atoms with van der Waals surface area (Å²) in [5.41, 5.74) is 3.02. The van der Waals surface area contributed by atoms with E-state index < -0.39 is 10.0 Å². The minimum absolute atomic E-state index is 0.0258. The topological polar surface area (TPSA) is 82.6 Å². The fraction of sp³-hybridized carbons (Fsp3) is 0.353. The van der Waals surface area contributed by atoms with Crippen molar-refractivity contribution in [2.75, 3.05) is 14.1 Å². The Morgan fingerprint density at radius 2 is 1.88 bits per heavy atom. The third kappa shape index (κ3) is 6.15. The average molecular weight is 381 g/mol. The van der Waals surface area contributed by atoms with Crippen LogP contribution >= 0.6 is 11.3 Å². The van der Waals surface area contributed by atoms with Crippen molar-refractivity contribution in [2.45, 2.75) is 25.8 Å². The third-order valence-corrected chi connectivity index (χ3v) is 6.09. The van der Waals surface area contributed by atoms with Crippen molar-refractivity contribution < 1.29 is 8.42 Å². The molecule has 8 heteroatoms. The van der Waals surface area contributed by atoms with Gasteiger partial charge in [0, 0.05) is 18.5 Å². The quantitative estimate of drug-likeness (QED) is 0.507. The number of benzene rings is 1. The largest absolute Gasteiger partial charge is 0.352 e. The zero-order valence-electron chi connectivity index (χ0n) is 14.7. The molecule has 136 valence electrons. The van der Waals surface area contributed by atoms with Crippen LogP contribution in [0.4, 0.5) is 0 Å². The molecule has 25 heavy (non-hydrogen) atoms. The molecule has 1 aromatic carbocycles. The zero-order chi connectivity index (χ0) is 18.3. The van der Waals surface area contributed by atoms with Crippen molar-refractivity contribution in [2.24, 2.45) is 4.99 Å². The molecule has 2 aromatic rings. The molecule has 1 heterocycles. The number of aryl methyl sites for hydroxylation is 1. The second kappa shape index (κ2) is 8.98. The molecule has 0 radical (unpaired) electrons. The summed E-state index contributed by atoms with van der Waals surface area (Å²) in [6.45, 7) is 3.38. The summed E-state index contributed by atoms with van der Waals surface area (Å²) in [7, 11) is -0.117. The molecule has 0 fully saturated rings. The van der Waals surface area contributed by atoms with Gasteiger partial charge in [-0.05, 0) is 42.1 Å². The highest BCUT2D eigenvalue weighted by Gasteiger charge is 2.09. The van der Waals surface area contributed by atoms with E-state index in [1.54, 1.807) is 18.4 Å². The van der Waals surface area contributed by atoms with Crippen molar-refractivity contribution in [1.29, 1.82) is 0 Å². The Hall–Kier alpha value is -1.90. The summed E-state index contributed by atoms with van der Waals surface area (Å²) in [5, 5.41) is 8.62. The highest BCUT2D eigenvalue weighted by Crippen LogP contribution is 2.14. The van der Waals surface area contributed by atoms with Gasteiger partial charge in [0.1, 0.15) is 0 Å². The molecule has 0 unspecified atom stereocenters. The Kier molecular flexibility index (Phi) is 6.98. The predicted molar refractivity (Wildman–Crippen MR) is 104 cm³/mol. The van der Waals surface area contributed by atoms with E-state index in [-0.39, 0.29) is 5.75 Å². The number of thiophene rings is 1. The van der Waals surface area contributed by atoms with Crippen LogP contribution in [0.15, 0.2) is 40.7 Å². The lowest BCUT2D eigenvalue weighted by Gasteiger charge is -2.12. The van der Waals surface area contributed by atoms with Crippen molar-refractivity contribution in [3.63, 3.8) is 0 Å². The average Bonchev–Trinajstić information content (AvgIpc) is 3.00. The first kappa shape index (κ1) is 19.4. The lowest BCUT2D eigenvalue weighted by atomic mass is 10.1. The van der Waals surface area contributed by atoms with Gasteiger partial charge in [0.2, 0.25) is 10.0 Å². The van der Waals surface area contributed by atoms with Crippen LogP contribution in [0, 0.1) is 6.92 Å². The molecular formula is C17H24N4O2S2. The maximum absolute atomic E-state index is 11.7. The molecule has 2 rings (SSSR count). The van der Waals surface area contributed by atoms with Crippen LogP contribution in [-0.4, -0.2) is 28.5 Å². The fourth-order valence-electron chi connectivity index (χ4n) is 2.28. The number of sulfonamides is 1. The summed E-state index contributed by atoms with van der Waals surface area (Å²) in [5.74, 6) is 0.683. The normalized spacial score (nSPS) is 12.2. The first-order valence-corrected chi connectivity index (χ1v) is 10.4. The van der Waals surface area contributed by atoms with Crippen molar-refractivity contribution in [3.8, 4) is 0 Å². The molecule has 0 amide bonds. The molecule has 0 saturated heterocycles. The maximum atomic E-state index is 11.7. The van der Waals surface area contributed by atoms with Gasteiger partial charge in [-0.1, -0.05) is 24.3 Å². The third-order valence-electron chi connectivity index (χ3n) is 3.73. The minimum Gasteiger partial charge on any atom is -0.352 e. The van der Waals surface area contributed by atoms with E-state index in [0.717, 1.165) is 17.7 Å². The fourth-order valence-corrected chi connectivity index (χ4v) is 3.89. The molecule has 0 aliphatic rings. The summed E-state index contributed by atoms with van der Waals surface area (Å²) >= 11 is 1.72. The highest BCUT2D eigenvalue weighted by atomic mass is 32.2. The number of guanidine groups is 1. The molecule has 3 N–H and O–H groups in total. The number of nitrogens with zero attached hydrogens (tertiary/aromatic N) is 1. The predicted octanol–water partition coefficient (Wildman–Crippen LogP) is 1.97. The summed E-state index contributed by atoms with van der Waals surface area (Å²) in [6, 6.07) is 9.62. The number of hydrogen-bond donors (Lipinski definition) is 3. The van der Waals surface area contributed by atoms with E-state index in [1.807, 2.05) is 24.3 Å². The van der Waals surface area contributed by atoms with Crippen LogP contribution < -0.4 is 15.4 Å². The lowest BCUT2D eigenvalue weighted by molar-refractivity contribution is 0.587. The first-order chi connectivity index (χ1) is 11.9. The van der Waals surface area contributed by atoms with E-state index in [4.69, 9.17) is 0 Å². The molecule has 0 atom stereocenters. The molecule has 0 aliphatic heterocycles. The van der Waals surface area contributed by atoms with Crippen molar-refractivity contribution >= 4 is 27.3 Å². The Labute approximate surface area is 153 Å². The smallest absolute Gasteiger partial charge is 0.215 e. The maximum Gasteiger partial charge on any atom is 0.215 e. The summed E-state index contributed by atoms with van der Waals surface area (Å²) in [4.78, 5) is 5.50. The van der Waals surface area contributed by atoms with Crippen LogP contribution in [0.2, 0.25) is 0 Å². The van der Waals surface area contributed by atoms with Crippen molar-refractivity contribution in [3.05, 3.63) is 57.3 Å². The minimum atomic E-state index is -3.27. The first-order valence-electron chi connectivity index (χ1n) is 7.90. The van der Waals surface area contributed by atoms with Gasteiger partial charge in [-0.25, -0.2) is 13.1 Å². The molecule has 1 aromatic heterocycles. The Morgan fingerprint density at radius 1 is 1.16 bits per heavy atom. The van der Waals surface area contributed by atoms with Gasteiger partial charge >= 0.3 is 0 Å². The van der Waals surface area contributed by atoms with Crippen LogP contribution in [0.1, 0.15) is 21.6 Å². The molecule has 0 aliphatic carbocycles. The van der Waals surface area contributed by atoms with Crippen LogP contribution in [0.25, 0.3) is 0 Å². The van der Waals surface area contributed by atoms with Gasteiger partial charge in [0.05, 0.1) is 12.3 Å². The number of rotatable bonds is 7. The molecule has 0 bridgehead atoms. The number of nitrogens with one attached hydrogen (secondary N) is 3. The number of hydrogen-bond acceptors (Lipinski definition) is 4. The van der Waals surface area contributed by atoms with Gasteiger partial charge in [-0.15, -0.1) is 11.3 Å². The SMILES string of the molecule is CN=C(NCc1cccc(CS(=O)(=O)NC)c1)NCc1sccc1C. The van der Waals surface area contributed by atoms with Crippen molar-refractivity contribution in [1.82, 2.24) is 15.4 Å². The second-order valence-electron chi connectivity index (χ2n) is 5.59. The molecule has 6 nitrogen and oxygen atoms in total. The monoisotopic (exact) mass is 380 g/mol. The van der Waals surface area contributed by atoms with Gasteiger partial charge in [-0.3, -0.25) is 4.99 Å². The Balaban J connectivity index is 1.92. The van der Waals surface area contributed by atoms with Gasteiger partial charge in [-0.2, -0.15) is 0 Å². The van der Waals surface area contributed by atoms with E-state index in [9.17, 15) is 8.42 Å². The second-order valence-corrected chi connectivity index (χ2v) is 8.52. The van der Waals surface area contributed by atoms with Gasteiger partial charge < -0.3 is 10.6 Å². The molecule has 0 saturated carbocycles. The van der Waals surface area contributed by atoms with E-state index >= 15 is 0 Å². The van der Waals surface area contributed by atoms with Gasteiger partial charge in [0.25, 0.3) is 0 Å². The molecular weight excluding hydrogens is 356 g/mol. The Bertz CT molecular complexity index is 829. The van der Waals surface area contributed by atoms with E-state index in [1.165, 1.54) is 17.5 Å². The van der Waals surface area contributed by atoms with Crippen LogP contribution in [-0.2, 0) is 28.9 Å². The van der Waals surface area contributed by atoms with Gasteiger partial charge in [0.15, 0.2) is 5.96 Å². The number of aliphatic imine (C=N–C) groups is 1. The van der Waals surface area contributed by atoms with Crippen LogP contribution in [0.5, 0.6) is 0 Å². The van der Waals surface area contributed by atoms with E-state index in [2.05, 4.69) is 38.7 Å². The highest BCUT2D eigenvalue weighted by molar-refractivity contribution is 7.88.